The highest BCUT2D eigenvalue weighted by Gasteiger charge is 2.17. The molecule has 1 heterocycles. The van der Waals surface area contributed by atoms with Gasteiger partial charge in [-0.2, -0.15) is 0 Å². The summed E-state index contributed by atoms with van der Waals surface area (Å²) in [6.45, 7) is 10.0. The third kappa shape index (κ3) is 6.93. The van der Waals surface area contributed by atoms with Crippen molar-refractivity contribution in [1.29, 1.82) is 0 Å². The lowest BCUT2D eigenvalue weighted by Crippen LogP contribution is -2.43. The second-order valence-corrected chi connectivity index (χ2v) is 5.90. The van der Waals surface area contributed by atoms with Crippen molar-refractivity contribution in [3.8, 4) is 0 Å². The number of ether oxygens (including phenoxy) is 1. The number of morpholine rings is 1. The zero-order valence-corrected chi connectivity index (χ0v) is 12.7. The number of thioether (sulfide) groups is 1. The van der Waals surface area contributed by atoms with E-state index in [0.29, 0.717) is 6.54 Å². The molecule has 3 amide bonds. The molecule has 0 saturated carbocycles. The Hall–Kier alpha value is -1.05. The molecule has 0 radical (unpaired) electrons. The molecule has 1 unspecified atom stereocenters. The molecule has 0 aromatic carbocycles. The van der Waals surface area contributed by atoms with Crippen LogP contribution < -0.4 is 10.6 Å². The van der Waals surface area contributed by atoms with Gasteiger partial charge in [0.25, 0.3) is 0 Å². The summed E-state index contributed by atoms with van der Waals surface area (Å²) < 4.78 is 5.28. The number of nitrogens with one attached hydrogen (secondary N) is 2. The zero-order valence-electron chi connectivity index (χ0n) is 11.9. The molecular formula is C13H23N3O3S. The van der Waals surface area contributed by atoms with Crippen LogP contribution in [-0.4, -0.2) is 67.2 Å². The molecule has 0 aromatic heterocycles. The summed E-state index contributed by atoms with van der Waals surface area (Å²) in [4.78, 5) is 25.4. The van der Waals surface area contributed by atoms with Crippen molar-refractivity contribution in [3.63, 3.8) is 0 Å². The number of amides is 3. The summed E-state index contributed by atoms with van der Waals surface area (Å²) >= 11 is 1.55. The number of hydrogen-bond acceptors (Lipinski definition) is 5. The molecule has 1 aliphatic heterocycles. The van der Waals surface area contributed by atoms with Gasteiger partial charge < -0.3 is 10.1 Å². The molecule has 6 nitrogen and oxygen atoms in total. The van der Waals surface area contributed by atoms with E-state index in [-0.39, 0.29) is 11.2 Å². The predicted octanol–water partition coefficient (Wildman–Crippen LogP) is 0.452. The van der Waals surface area contributed by atoms with Gasteiger partial charge in [-0.1, -0.05) is 6.08 Å². The molecule has 7 heteroatoms. The van der Waals surface area contributed by atoms with E-state index in [9.17, 15) is 9.59 Å². The van der Waals surface area contributed by atoms with Gasteiger partial charge in [-0.25, -0.2) is 4.79 Å². The van der Waals surface area contributed by atoms with Gasteiger partial charge in [0.15, 0.2) is 0 Å². The monoisotopic (exact) mass is 301 g/mol. The van der Waals surface area contributed by atoms with E-state index < -0.39 is 6.03 Å². The van der Waals surface area contributed by atoms with Crippen LogP contribution in [0.4, 0.5) is 4.79 Å². The Bertz CT molecular complexity index is 333. The molecule has 0 aliphatic carbocycles. The van der Waals surface area contributed by atoms with Gasteiger partial charge in [-0.05, 0) is 6.92 Å². The van der Waals surface area contributed by atoms with Gasteiger partial charge in [0.05, 0.1) is 18.5 Å². The number of carbonyl (C=O) groups is 2. The number of rotatable bonds is 7. The zero-order chi connectivity index (χ0) is 14.8. The van der Waals surface area contributed by atoms with Crippen molar-refractivity contribution in [2.75, 3.05) is 45.1 Å². The maximum atomic E-state index is 11.7. The minimum atomic E-state index is -0.476. The van der Waals surface area contributed by atoms with E-state index in [2.05, 4.69) is 22.1 Å². The van der Waals surface area contributed by atoms with Gasteiger partial charge >= 0.3 is 6.03 Å². The van der Waals surface area contributed by atoms with Crippen LogP contribution in [0, 0.1) is 0 Å². The average molecular weight is 301 g/mol. The number of nitrogens with zero attached hydrogens (tertiary/aromatic N) is 1. The van der Waals surface area contributed by atoms with Crippen LogP contribution >= 0.6 is 11.8 Å². The van der Waals surface area contributed by atoms with Crippen LogP contribution in [0.5, 0.6) is 0 Å². The molecular weight excluding hydrogens is 278 g/mol. The van der Waals surface area contributed by atoms with Crippen LogP contribution in [0.3, 0.4) is 0 Å². The largest absolute Gasteiger partial charge is 0.379 e. The first-order valence-electron chi connectivity index (χ1n) is 6.74. The number of urea groups is 1. The minimum Gasteiger partial charge on any atom is -0.379 e. The smallest absolute Gasteiger partial charge is 0.321 e. The highest BCUT2D eigenvalue weighted by atomic mass is 32.2. The van der Waals surface area contributed by atoms with E-state index in [1.807, 2.05) is 0 Å². The highest BCUT2D eigenvalue weighted by Crippen LogP contribution is 2.11. The van der Waals surface area contributed by atoms with Crippen molar-refractivity contribution in [1.82, 2.24) is 15.5 Å². The summed E-state index contributed by atoms with van der Waals surface area (Å²) in [6, 6.07) is -0.476. The molecule has 0 bridgehead atoms. The van der Waals surface area contributed by atoms with Crippen molar-refractivity contribution >= 4 is 23.7 Å². The fraction of sp³-hybridized carbons (Fsp3) is 0.692. The first-order chi connectivity index (χ1) is 9.63. The van der Waals surface area contributed by atoms with Crippen molar-refractivity contribution in [2.45, 2.75) is 12.2 Å². The number of imide groups is 1. The SMILES string of the molecule is C=CCNC(=O)NC(=O)C(C)SCCN1CCOCC1. The molecule has 0 spiro atoms. The Morgan fingerprint density at radius 2 is 2.15 bits per heavy atom. The molecule has 20 heavy (non-hydrogen) atoms. The fourth-order valence-electron chi connectivity index (χ4n) is 1.68. The second-order valence-electron chi connectivity index (χ2n) is 4.45. The maximum Gasteiger partial charge on any atom is 0.321 e. The van der Waals surface area contributed by atoms with Gasteiger partial charge in [0, 0.05) is 31.9 Å². The fourth-order valence-corrected chi connectivity index (χ4v) is 2.61. The summed E-state index contributed by atoms with van der Waals surface area (Å²) in [5.74, 6) is 0.599. The quantitative estimate of drug-likeness (QED) is 0.668. The van der Waals surface area contributed by atoms with Crippen LogP contribution in [-0.2, 0) is 9.53 Å². The summed E-state index contributed by atoms with van der Waals surface area (Å²) in [5.41, 5.74) is 0. The molecule has 114 valence electrons. The Labute approximate surface area is 124 Å². The third-order valence-corrected chi connectivity index (χ3v) is 4.02. The molecule has 1 atom stereocenters. The molecule has 1 saturated heterocycles. The lowest BCUT2D eigenvalue weighted by molar-refractivity contribution is -0.119. The van der Waals surface area contributed by atoms with Crippen LogP contribution in [0.15, 0.2) is 12.7 Å². The minimum absolute atomic E-state index is 0.245. The summed E-state index contributed by atoms with van der Waals surface area (Å²) in [7, 11) is 0. The van der Waals surface area contributed by atoms with Gasteiger partial charge in [-0.15, -0.1) is 18.3 Å². The molecule has 2 N–H and O–H groups in total. The number of hydrogen-bond donors (Lipinski definition) is 2. The van der Waals surface area contributed by atoms with Crippen molar-refractivity contribution in [2.24, 2.45) is 0 Å². The van der Waals surface area contributed by atoms with Gasteiger partial charge in [-0.3, -0.25) is 15.0 Å². The van der Waals surface area contributed by atoms with E-state index in [0.717, 1.165) is 38.6 Å². The van der Waals surface area contributed by atoms with Gasteiger partial charge in [0.2, 0.25) is 5.91 Å². The Kier molecular flexibility index (Phi) is 8.32. The van der Waals surface area contributed by atoms with Crippen LogP contribution in [0.2, 0.25) is 0 Å². The Morgan fingerprint density at radius 1 is 1.45 bits per heavy atom. The molecule has 0 aromatic rings. The first kappa shape index (κ1) is 17.0. The third-order valence-electron chi connectivity index (χ3n) is 2.89. The highest BCUT2D eigenvalue weighted by molar-refractivity contribution is 8.00. The summed E-state index contributed by atoms with van der Waals surface area (Å²) in [6.07, 6.45) is 1.56. The number of carbonyl (C=O) groups excluding carboxylic acids is 2. The van der Waals surface area contributed by atoms with E-state index in [4.69, 9.17) is 4.74 Å². The summed E-state index contributed by atoms with van der Waals surface area (Å²) in [5, 5.41) is 4.57. The first-order valence-corrected chi connectivity index (χ1v) is 7.79. The van der Waals surface area contributed by atoms with Crippen LogP contribution in [0.1, 0.15) is 6.92 Å². The molecule has 1 rings (SSSR count). The van der Waals surface area contributed by atoms with Crippen LogP contribution in [0.25, 0.3) is 0 Å². The lowest BCUT2D eigenvalue weighted by Gasteiger charge is -2.26. The Balaban J connectivity index is 2.13. The predicted molar refractivity (Wildman–Crippen MR) is 80.9 cm³/mol. The van der Waals surface area contributed by atoms with E-state index >= 15 is 0 Å². The average Bonchev–Trinajstić information content (AvgIpc) is 2.46. The van der Waals surface area contributed by atoms with Crippen molar-refractivity contribution in [3.05, 3.63) is 12.7 Å². The normalized spacial score (nSPS) is 17.2. The Morgan fingerprint density at radius 3 is 2.80 bits per heavy atom. The van der Waals surface area contributed by atoms with E-state index in [1.165, 1.54) is 0 Å². The van der Waals surface area contributed by atoms with Crippen molar-refractivity contribution < 1.29 is 14.3 Å². The second kappa shape index (κ2) is 9.79. The van der Waals surface area contributed by atoms with Gasteiger partial charge in [0.1, 0.15) is 0 Å². The topological polar surface area (TPSA) is 70.7 Å². The standard InChI is InChI=1S/C13H23N3O3S/c1-3-4-14-13(18)15-12(17)11(2)20-10-7-16-5-8-19-9-6-16/h3,11H,1,4-10H2,2H3,(H2,14,15,17,18). The molecule has 1 aliphatic rings. The maximum absolute atomic E-state index is 11.7. The lowest BCUT2D eigenvalue weighted by atomic mass is 10.4. The molecule has 1 fully saturated rings. The van der Waals surface area contributed by atoms with E-state index in [1.54, 1.807) is 24.8 Å².